The van der Waals surface area contributed by atoms with Crippen LogP contribution in [0.4, 0.5) is 18.3 Å². The fourth-order valence-electron chi connectivity index (χ4n) is 3.02. The number of carbonyl (C=O) groups is 1. The normalized spacial score (nSPS) is 11.6. The molecule has 3 aromatic heterocycles. The average molecular weight is 477 g/mol. The molecule has 8 nitrogen and oxygen atoms in total. The second-order valence-electron chi connectivity index (χ2n) is 7.14. The van der Waals surface area contributed by atoms with Crippen molar-refractivity contribution in [2.75, 3.05) is 5.32 Å². The zero-order valence-electron chi connectivity index (χ0n) is 17.7. The van der Waals surface area contributed by atoms with Crippen LogP contribution in [0.15, 0.2) is 40.4 Å². The van der Waals surface area contributed by atoms with Crippen LogP contribution < -0.4 is 10.1 Å². The number of thiazole rings is 1. The molecule has 3 heterocycles. The summed E-state index contributed by atoms with van der Waals surface area (Å²) in [5, 5.41) is 12.8. The van der Waals surface area contributed by atoms with Crippen molar-refractivity contribution in [3.63, 3.8) is 0 Å². The molecule has 172 valence electrons. The summed E-state index contributed by atoms with van der Waals surface area (Å²) >= 11 is 1.24. The number of alkyl halides is 3. The summed E-state index contributed by atoms with van der Waals surface area (Å²) in [5.41, 5.74) is 1.91. The molecule has 4 rings (SSSR count). The lowest BCUT2D eigenvalue weighted by atomic mass is 10.2. The Morgan fingerprint density at radius 2 is 2.09 bits per heavy atom. The topological polar surface area (TPSA) is 95.1 Å². The maximum absolute atomic E-state index is 12.9. The summed E-state index contributed by atoms with van der Waals surface area (Å²) in [6.07, 6.45) is -2.79. The average Bonchev–Trinajstić information content (AvgIpc) is 3.46. The lowest BCUT2D eigenvalue weighted by molar-refractivity contribution is -0.137. The van der Waals surface area contributed by atoms with Gasteiger partial charge >= 0.3 is 6.18 Å². The number of hydrogen-bond acceptors (Lipinski definition) is 7. The van der Waals surface area contributed by atoms with Crippen LogP contribution in [-0.2, 0) is 19.8 Å². The summed E-state index contributed by atoms with van der Waals surface area (Å²) in [6, 6.07) is 4.48. The first-order valence-electron chi connectivity index (χ1n) is 9.64. The van der Waals surface area contributed by atoms with Gasteiger partial charge in [-0.25, -0.2) is 4.98 Å². The number of amides is 1. The second-order valence-corrected chi connectivity index (χ2v) is 8.00. The summed E-state index contributed by atoms with van der Waals surface area (Å²) in [7, 11) is 1.82. The van der Waals surface area contributed by atoms with Crippen molar-refractivity contribution in [2.45, 2.75) is 26.6 Å². The molecule has 1 amide bonds. The zero-order valence-corrected chi connectivity index (χ0v) is 18.5. The Balaban J connectivity index is 1.48. The minimum Gasteiger partial charge on any atom is -0.489 e. The standard InChI is InChI=1S/C21H18F3N5O3S/c1-11-15(8-25-29(11)3)17-10-33-20(26-17)27-19(30)18-16(12(2)32-28-18)9-31-14-6-4-5-13(7-14)21(22,23)24/h4-8,10H,9H2,1-3H3,(H,26,27,30). The predicted molar refractivity (Wildman–Crippen MR) is 114 cm³/mol. The molecule has 0 saturated carbocycles. The van der Waals surface area contributed by atoms with Gasteiger partial charge in [0.25, 0.3) is 5.91 Å². The molecular weight excluding hydrogens is 459 g/mol. The molecule has 0 unspecified atom stereocenters. The Bertz CT molecular complexity index is 1310. The lowest BCUT2D eigenvalue weighted by Crippen LogP contribution is -2.15. The van der Waals surface area contributed by atoms with E-state index in [1.807, 2.05) is 14.0 Å². The van der Waals surface area contributed by atoms with Crippen LogP contribution in [0.1, 0.15) is 33.1 Å². The summed E-state index contributed by atoms with van der Waals surface area (Å²) < 4.78 is 51.1. The Morgan fingerprint density at radius 3 is 2.79 bits per heavy atom. The Hall–Kier alpha value is -3.67. The highest BCUT2D eigenvalue weighted by Crippen LogP contribution is 2.32. The largest absolute Gasteiger partial charge is 0.489 e. The number of anilines is 1. The molecule has 0 saturated heterocycles. The SMILES string of the molecule is Cc1onc(C(=O)Nc2nc(-c3cnn(C)c3C)cs2)c1COc1cccc(C(F)(F)F)c1. The van der Waals surface area contributed by atoms with Crippen molar-refractivity contribution in [3.8, 4) is 17.0 Å². The lowest BCUT2D eigenvalue weighted by Gasteiger charge is -2.10. The third-order valence-electron chi connectivity index (χ3n) is 4.98. The molecule has 12 heteroatoms. The van der Waals surface area contributed by atoms with Crippen LogP contribution in [0.25, 0.3) is 11.3 Å². The van der Waals surface area contributed by atoms with Crippen molar-refractivity contribution < 1.29 is 27.2 Å². The number of aryl methyl sites for hydroxylation is 2. The third kappa shape index (κ3) is 4.75. The van der Waals surface area contributed by atoms with Gasteiger partial charge in [-0.2, -0.15) is 18.3 Å². The van der Waals surface area contributed by atoms with E-state index in [1.165, 1.54) is 23.5 Å². The van der Waals surface area contributed by atoms with Gasteiger partial charge in [-0.1, -0.05) is 11.2 Å². The first kappa shape index (κ1) is 22.5. The molecule has 0 radical (unpaired) electrons. The Labute approximate surface area is 190 Å². The van der Waals surface area contributed by atoms with E-state index in [0.717, 1.165) is 23.4 Å². The predicted octanol–water partition coefficient (Wildman–Crippen LogP) is 5.00. The zero-order chi connectivity index (χ0) is 23.8. The third-order valence-corrected chi connectivity index (χ3v) is 5.74. The van der Waals surface area contributed by atoms with E-state index in [0.29, 0.717) is 22.1 Å². The summed E-state index contributed by atoms with van der Waals surface area (Å²) in [5.74, 6) is -0.246. The first-order valence-corrected chi connectivity index (χ1v) is 10.5. The van der Waals surface area contributed by atoms with E-state index in [4.69, 9.17) is 9.26 Å². The van der Waals surface area contributed by atoms with Gasteiger partial charge in [0.15, 0.2) is 10.8 Å². The van der Waals surface area contributed by atoms with E-state index in [-0.39, 0.29) is 18.1 Å². The molecule has 0 spiro atoms. The fourth-order valence-corrected chi connectivity index (χ4v) is 3.72. The Kier molecular flexibility index (Phi) is 5.93. The minimum absolute atomic E-state index is 0.00758. The molecule has 33 heavy (non-hydrogen) atoms. The van der Waals surface area contributed by atoms with Gasteiger partial charge in [0.05, 0.1) is 23.0 Å². The highest BCUT2D eigenvalue weighted by Gasteiger charge is 2.30. The van der Waals surface area contributed by atoms with Crippen molar-refractivity contribution in [1.29, 1.82) is 0 Å². The molecule has 0 aliphatic rings. The van der Waals surface area contributed by atoms with Gasteiger partial charge in [0.1, 0.15) is 18.1 Å². The van der Waals surface area contributed by atoms with E-state index < -0.39 is 17.6 Å². The maximum Gasteiger partial charge on any atom is 0.416 e. The molecule has 1 aromatic carbocycles. The van der Waals surface area contributed by atoms with E-state index >= 15 is 0 Å². The molecule has 0 fully saturated rings. The highest BCUT2D eigenvalue weighted by atomic mass is 32.1. The van der Waals surface area contributed by atoms with Crippen LogP contribution in [-0.4, -0.2) is 25.8 Å². The monoisotopic (exact) mass is 477 g/mol. The molecule has 0 aliphatic heterocycles. The maximum atomic E-state index is 12.9. The molecule has 0 atom stereocenters. The van der Waals surface area contributed by atoms with Crippen LogP contribution in [0.5, 0.6) is 5.75 Å². The number of halogens is 3. The van der Waals surface area contributed by atoms with Crippen LogP contribution in [0.3, 0.4) is 0 Å². The fraction of sp³-hybridized carbons (Fsp3) is 0.238. The Morgan fingerprint density at radius 1 is 1.30 bits per heavy atom. The van der Waals surface area contributed by atoms with Crippen molar-refractivity contribution in [1.82, 2.24) is 19.9 Å². The number of nitrogens with zero attached hydrogens (tertiary/aromatic N) is 4. The van der Waals surface area contributed by atoms with Gasteiger partial charge < -0.3 is 9.26 Å². The van der Waals surface area contributed by atoms with Crippen molar-refractivity contribution in [3.05, 3.63) is 64.1 Å². The van der Waals surface area contributed by atoms with Gasteiger partial charge in [-0.15, -0.1) is 11.3 Å². The number of nitrogens with one attached hydrogen (secondary N) is 1. The number of hydrogen-bond donors (Lipinski definition) is 1. The smallest absolute Gasteiger partial charge is 0.416 e. The summed E-state index contributed by atoms with van der Waals surface area (Å²) in [4.78, 5) is 17.2. The van der Waals surface area contributed by atoms with Crippen molar-refractivity contribution >= 4 is 22.4 Å². The number of carbonyl (C=O) groups excluding carboxylic acids is 1. The van der Waals surface area contributed by atoms with Gasteiger partial charge in [0.2, 0.25) is 0 Å². The molecule has 1 N–H and O–H groups in total. The highest BCUT2D eigenvalue weighted by molar-refractivity contribution is 7.14. The molecule has 0 aliphatic carbocycles. The molecule has 4 aromatic rings. The van der Waals surface area contributed by atoms with Crippen molar-refractivity contribution in [2.24, 2.45) is 7.05 Å². The number of aromatic nitrogens is 4. The van der Waals surface area contributed by atoms with Crippen LogP contribution in [0, 0.1) is 13.8 Å². The second kappa shape index (κ2) is 8.70. The van der Waals surface area contributed by atoms with E-state index in [1.54, 1.807) is 23.2 Å². The quantitative estimate of drug-likeness (QED) is 0.420. The first-order chi connectivity index (χ1) is 15.6. The van der Waals surface area contributed by atoms with Crippen LogP contribution in [0.2, 0.25) is 0 Å². The van der Waals surface area contributed by atoms with Gasteiger partial charge in [-0.05, 0) is 32.0 Å². The number of rotatable bonds is 6. The number of benzene rings is 1. The minimum atomic E-state index is -4.49. The van der Waals surface area contributed by atoms with Gasteiger partial charge in [-0.3, -0.25) is 14.8 Å². The van der Waals surface area contributed by atoms with E-state index in [9.17, 15) is 18.0 Å². The van der Waals surface area contributed by atoms with Crippen LogP contribution >= 0.6 is 11.3 Å². The van der Waals surface area contributed by atoms with E-state index in [2.05, 4.69) is 20.6 Å². The molecule has 0 bridgehead atoms. The van der Waals surface area contributed by atoms with Gasteiger partial charge in [0, 0.05) is 23.7 Å². The molecular formula is C21H18F3N5O3S. The number of ether oxygens (including phenoxy) is 1. The summed E-state index contributed by atoms with van der Waals surface area (Å²) in [6.45, 7) is 3.30.